The average Bonchev–Trinajstić information content (AvgIpc) is 2.69. The van der Waals surface area contributed by atoms with Gasteiger partial charge in [-0.3, -0.25) is 0 Å². The maximum atomic E-state index is 11.2. The molecule has 7 heteroatoms. The minimum atomic E-state index is -3.82. The molecule has 0 aliphatic heterocycles. The largest absolute Gasteiger partial charge is 0.443 e. The molecule has 15 heavy (non-hydrogen) atoms. The third kappa shape index (κ3) is 1.88. The summed E-state index contributed by atoms with van der Waals surface area (Å²) in [4.78, 5) is 7.58. The Balaban J connectivity index is 2.68. The molecular formula is C8H7N3O3S. The second-order valence-electron chi connectivity index (χ2n) is 2.73. The zero-order valence-electron chi connectivity index (χ0n) is 7.49. The van der Waals surface area contributed by atoms with E-state index in [-0.39, 0.29) is 16.5 Å². The Kier molecular flexibility index (Phi) is 2.25. The molecule has 78 valence electrons. The zero-order chi connectivity index (χ0) is 10.9. The van der Waals surface area contributed by atoms with Gasteiger partial charge >= 0.3 is 0 Å². The van der Waals surface area contributed by atoms with Gasteiger partial charge in [-0.25, -0.2) is 23.5 Å². The van der Waals surface area contributed by atoms with Gasteiger partial charge in [0.15, 0.2) is 0 Å². The lowest BCUT2D eigenvalue weighted by Gasteiger charge is -2.01. The highest BCUT2D eigenvalue weighted by molar-refractivity contribution is 7.89. The summed E-state index contributed by atoms with van der Waals surface area (Å²) < 4.78 is 27.4. The summed E-state index contributed by atoms with van der Waals surface area (Å²) in [6, 6.07) is 2.83. The Hall–Kier alpha value is -1.73. The topological polar surface area (TPSA) is 99.1 Å². The van der Waals surface area contributed by atoms with Crippen molar-refractivity contribution in [2.45, 2.75) is 4.90 Å². The first kappa shape index (κ1) is 9.81. The van der Waals surface area contributed by atoms with E-state index in [1.54, 1.807) is 0 Å². The minimum Gasteiger partial charge on any atom is -0.443 e. The molecule has 2 heterocycles. The molecule has 0 bridgehead atoms. The van der Waals surface area contributed by atoms with Crippen molar-refractivity contribution in [3.63, 3.8) is 0 Å². The van der Waals surface area contributed by atoms with Crippen molar-refractivity contribution >= 4 is 10.0 Å². The fourth-order valence-corrected chi connectivity index (χ4v) is 1.80. The summed E-state index contributed by atoms with van der Waals surface area (Å²) in [6.45, 7) is 0. The third-order valence-corrected chi connectivity index (χ3v) is 2.65. The van der Waals surface area contributed by atoms with E-state index >= 15 is 0 Å². The maximum Gasteiger partial charge on any atom is 0.246 e. The fraction of sp³-hybridized carbons (Fsp3) is 0. The number of nitrogens with two attached hydrogens (primary N) is 1. The Morgan fingerprint density at radius 2 is 2.07 bits per heavy atom. The van der Waals surface area contributed by atoms with Crippen LogP contribution in [-0.4, -0.2) is 18.4 Å². The summed E-state index contributed by atoms with van der Waals surface area (Å²) in [5, 5.41) is 5.03. The minimum absolute atomic E-state index is 0.104. The van der Waals surface area contributed by atoms with Gasteiger partial charge in [0.05, 0.1) is 6.20 Å². The predicted octanol–water partition coefficient (Wildman–Crippen LogP) is 0.384. The van der Waals surface area contributed by atoms with Crippen molar-refractivity contribution in [3.05, 3.63) is 30.8 Å². The standard InChI is InChI=1S/C8H7N3O3S/c9-15(12,13)6-2-1-3-10-7(6)8-11-4-5-14-8/h1-5H,(H2,9,12,13). The van der Waals surface area contributed by atoms with Crippen LogP contribution in [0.15, 0.2) is 40.1 Å². The molecule has 0 aromatic carbocycles. The van der Waals surface area contributed by atoms with Crippen LogP contribution < -0.4 is 5.14 Å². The lowest BCUT2D eigenvalue weighted by Crippen LogP contribution is -2.14. The highest BCUT2D eigenvalue weighted by atomic mass is 32.2. The van der Waals surface area contributed by atoms with Crippen LogP contribution in [0.4, 0.5) is 0 Å². The average molecular weight is 225 g/mol. The zero-order valence-corrected chi connectivity index (χ0v) is 8.31. The van der Waals surface area contributed by atoms with Crippen molar-refractivity contribution in [2.75, 3.05) is 0 Å². The first-order chi connectivity index (χ1) is 7.09. The van der Waals surface area contributed by atoms with Crippen molar-refractivity contribution < 1.29 is 12.8 Å². The number of aromatic nitrogens is 2. The van der Waals surface area contributed by atoms with Crippen molar-refractivity contribution in [1.29, 1.82) is 0 Å². The van der Waals surface area contributed by atoms with Gasteiger partial charge in [-0.15, -0.1) is 0 Å². The Labute approximate surface area is 85.8 Å². The van der Waals surface area contributed by atoms with Gasteiger partial charge in [0.2, 0.25) is 15.9 Å². The Morgan fingerprint density at radius 3 is 2.67 bits per heavy atom. The normalized spacial score (nSPS) is 11.5. The highest BCUT2D eigenvalue weighted by Crippen LogP contribution is 2.21. The molecule has 0 amide bonds. The molecule has 2 aromatic heterocycles. The molecule has 0 aliphatic carbocycles. The summed E-state index contributed by atoms with van der Waals surface area (Å²) >= 11 is 0. The van der Waals surface area contributed by atoms with Gasteiger partial charge in [-0.2, -0.15) is 0 Å². The number of pyridine rings is 1. The lowest BCUT2D eigenvalue weighted by molar-refractivity contribution is 0.567. The fourth-order valence-electron chi connectivity index (χ4n) is 1.12. The quantitative estimate of drug-likeness (QED) is 0.796. The van der Waals surface area contributed by atoms with Crippen LogP contribution >= 0.6 is 0 Å². The first-order valence-electron chi connectivity index (χ1n) is 3.97. The van der Waals surface area contributed by atoms with Gasteiger partial charge in [-0.05, 0) is 12.1 Å². The number of hydrogen-bond acceptors (Lipinski definition) is 5. The third-order valence-electron chi connectivity index (χ3n) is 1.71. The monoisotopic (exact) mass is 225 g/mol. The molecule has 0 saturated carbocycles. The van der Waals surface area contributed by atoms with Crippen LogP contribution in [0.3, 0.4) is 0 Å². The van der Waals surface area contributed by atoms with Crippen LogP contribution in [0.1, 0.15) is 0 Å². The second-order valence-corrected chi connectivity index (χ2v) is 4.26. The summed E-state index contributed by atoms with van der Waals surface area (Å²) in [5.74, 6) is 0.125. The van der Waals surface area contributed by atoms with Gasteiger partial charge in [0.25, 0.3) is 0 Å². The van der Waals surface area contributed by atoms with Crippen molar-refractivity contribution in [2.24, 2.45) is 5.14 Å². The molecule has 0 radical (unpaired) electrons. The van der Waals surface area contributed by atoms with E-state index in [4.69, 9.17) is 9.56 Å². The SMILES string of the molecule is NS(=O)(=O)c1cccnc1-c1ncco1. The second kappa shape index (κ2) is 3.44. The molecular weight excluding hydrogens is 218 g/mol. The molecule has 0 saturated heterocycles. The summed E-state index contributed by atoms with van der Waals surface area (Å²) in [5.41, 5.74) is 0.116. The molecule has 0 fully saturated rings. The number of sulfonamides is 1. The van der Waals surface area contributed by atoms with E-state index in [2.05, 4.69) is 9.97 Å². The van der Waals surface area contributed by atoms with Crippen LogP contribution in [0, 0.1) is 0 Å². The number of nitrogens with zero attached hydrogens (tertiary/aromatic N) is 2. The molecule has 2 N–H and O–H groups in total. The lowest BCUT2D eigenvalue weighted by atomic mass is 10.3. The van der Waals surface area contributed by atoms with Gasteiger partial charge < -0.3 is 4.42 Å². The summed E-state index contributed by atoms with van der Waals surface area (Å²) in [6.07, 6.45) is 4.17. The van der Waals surface area contributed by atoms with Crippen LogP contribution in [-0.2, 0) is 10.0 Å². The first-order valence-corrected chi connectivity index (χ1v) is 5.51. The van der Waals surface area contributed by atoms with Crippen LogP contribution in [0.5, 0.6) is 0 Å². The molecule has 0 spiro atoms. The van der Waals surface area contributed by atoms with E-state index in [0.29, 0.717) is 0 Å². The molecule has 6 nitrogen and oxygen atoms in total. The number of rotatable bonds is 2. The van der Waals surface area contributed by atoms with Crippen molar-refractivity contribution in [3.8, 4) is 11.6 Å². The number of oxazole rings is 1. The van der Waals surface area contributed by atoms with E-state index in [1.807, 2.05) is 0 Å². The highest BCUT2D eigenvalue weighted by Gasteiger charge is 2.18. The molecule has 0 unspecified atom stereocenters. The van der Waals surface area contributed by atoms with E-state index in [0.717, 1.165) is 0 Å². The molecule has 2 rings (SSSR count). The van der Waals surface area contributed by atoms with E-state index in [9.17, 15) is 8.42 Å². The Morgan fingerprint density at radius 1 is 1.27 bits per heavy atom. The predicted molar refractivity (Wildman–Crippen MR) is 51.1 cm³/mol. The van der Waals surface area contributed by atoms with Gasteiger partial charge in [-0.1, -0.05) is 0 Å². The number of hydrogen-bond donors (Lipinski definition) is 1. The van der Waals surface area contributed by atoms with Crippen molar-refractivity contribution in [1.82, 2.24) is 9.97 Å². The molecule has 0 aliphatic rings. The van der Waals surface area contributed by atoms with Gasteiger partial charge in [0.1, 0.15) is 16.9 Å². The van der Waals surface area contributed by atoms with E-state index < -0.39 is 10.0 Å². The Bertz CT molecular complexity index is 563. The van der Waals surface area contributed by atoms with Gasteiger partial charge in [0, 0.05) is 6.20 Å². The van der Waals surface area contributed by atoms with Crippen LogP contribution in [0.2, 0.25) is 0 Å². The van der Waals surface area contributed by atoms with E-state index in [1.165, 1.54) is 30.8 Å². The molecule has 2 aromatic rings. The number of primary sulfonamides is 1. The van der Waals surface area contributed by atoms with Crippen LogP contribution in [0.25, 0.3) is 11.6 Å². The summed E-state index contributed by atoms with van der Waals surface area (Å²) in [7, 11) is -3.82. The smallest absolute Gasteiger partial charge is 0.246 e. The molecule has 0 atom stereocenters. The maximum absolute atomic E-state index is 11.2.